The first-order valence-electron chi connectivity index (χ1n) is 5.92. The molecule has 96 valence electrons. The molecule has 0 radical (unpaired) electrons. The van der Waals surface area contributed by atoms with Crippen LogP contribution in [0.3, 0.4) is 0 Å². The first-order chi connectivity index (χ1) is 8.54. The zero-order chi connectivity index (χ0) is 13.5. The average molecular weight is 246 g/mol. The summed E-state index contributed by atoms with van der Waals surface area (Å²) in [6.45, 7) is 3.84. The highest BCUT2D eigenvalue weighted by molar-refractivity contribution is 6.64. The molecule has 1 aromatic carbocycles. The molecule has 4 heteroatoms. The van der Waals surface area contributed by atoms with E-state index in [0.29, 0.717) is 6.54 Å². The first-order valence-corrected chi connectivity index (χ1v) is 5.92. The second-order valence-electron chi connectivity index (χ2n) is 4.09. The van der Waals surface area contributed by atoms with Crippen molar-refractivity contribution in [1.82, 2.24) is 5.01 Å². The van der Waals surface area contributed by atoms with Gasteiger partial charge < -0.3 is 0 Å². The van der Waals surface area contributed by atoms with Gasteiger partial charge in [0, 0.05) is 13.5 Å². The molecule has 1 rings (SSSR count). The molecule has 1 aromatic rings. The predicted molar refractivity (Wildman–Crippen MR) is 71.3 cm³/mol. The Hall–Kier alpha value is -1.97. The van der Waals surface area contributed by atoms with Crippen LogP contribution in [0, 0.1) is 0 Å². The van der Waals surface area contributed by atoms with E-state index in [-0.39, 0.29) is 12.1 Å². The van der Waals surface area contributed by atoms with Gasteiger partial charge in [-0.1, -0.05) is 37.3 Å². The molecule has 0 aliphatic heterocycles. The number of ketones is 2. The minimum absolute atomic E-state index is 0.216. The SMILES string of the molecule is CCC(=O)C(=O)C(C)=NN(C)Cc1ccccc1. The van der Waals surface area contributed by atoms with E-state index in [4.69, 9.17) is 0 Å². The van der Waals surface area contributed by atoms with E-state index in [1.54, 1.807) is 25.9 Å². The normalized spacial score (nSPS) is 11.2. The van der Waals surface area contributed by atoms with Crippen LogP contribution in [0.4, 0.5) is 0 Å². The number of hydrogen-bond donors (Lipinski definition) is 0. The van der Waals surface area contributed by atoms with E-state index in [1.807, 2.05) is 30.3 Å². The van der Waals surface area contributed by atoms with Crippen molar-refractivity contribution in [2.24, 2.45) is 5.10 Å². The molecule has 0 spiro atoms. The Morgan fingerprint density at radius 1 is 1.22 bits per heavy atom. The Kier molecular flexibility index (Phi) is 5.24. The van der Waals surface area contributed by atoms with E-state index < -0.39 is 11.6 Å². The van der Waals surface area contributed by atoms with Crippen molar-refractivity contribution in [2.75, 3.05) is 7.05 Å². The summed E-state index contributed by atoms with van der Waals surface area (Å²) in [7, 11) is 1.78. The number of carbonyl (C=O) groups is 2. The average Bonchev–Trinajstić information content (AvgIpc) is 2.37. The molecule has 4 nitrogen and oxygen atoms in total. The maximum Gasteiger partial charge on any atom is 0.244 e. The zero-order valence-corrected chi connectivity index (χ0v) is 11.0. The van der Waals surface area contributed by atoms with Crippen molar-refractivity contribution in [3.8, 4) is 0 Å². The van der Waals surface area contributed by atoms with Crippen LogP contribution in [0.15, 0.2) is 35.4 Å². The third-order valence-electron chi connectivity index (χ3n) is 2.48. The monoisotopic (exact) mass is 246 g/mol. The lowest BCUT2D eigenvalue weighted by atomic mass is 10.1. The number of benzene rings is 1. The van der Waals surface area contributed by atoms with Gasteiger partial charge in [0.2, 0.25) is 11.6 Å². The fraction of sp³-hybridized carbons (Fsp3) is 0.357. The van der Waals surface area contributed by atoms with Gasteiger partial charge >= 0.3 is 0 Å². The predicted octanol–water partition coefficient (Wildman–Crippen LogP) is 2.04. The van der Waals surface area contributed by atoms with Gasteiger partial charge in [-0.05, 0) is 12.5 Å². The minimum atomic E-state index is -0.502. The van der Waals surface area contributed by atoms with Gasteiger partial charge in [0.15, 0.2) is 0 Å². The number of hydrazone groups is 1. The van der Waals surface area contributed by atoms with Gasteiger partial charge in [-0.25, -0.2) is 0 Å². The number of nitrogens with zero attached hydrogens (tertiary/aromatic N) is 2. The topological polar surface area (TPSA) is 49.7 Å². The van der Waals surface area contributed by atoms with Crippen molar-refractivity contribution in [3.63, 3.8) is 0 Å². The standard InChI is InChI=1S/C14H18N2O2/c1-4-13(17)14(18)11(2)15-16(3)10-12-8-6-5-7-9-12/h5-9H,4,10H2,1-3H3. The first kappa shape index (κ1) is 14.1. The molecule has 0 bridgehead atoms. The molecule has 0 aliphatic carbocycles. The Balaban J connectivity index is 2.66. The molecule has 18 heavy (non-hydrogen) atoms. The maximum atomic E-state index is 11.6. The third-order valence-corrected chi connectivity index (χ3v) is 2.48. The lowest BCUT2D eigenvalue weighted by Crippen LogP contribution is -2.24. The lowest BCUT2D eigenvalue weighted by Gasteiger charge is -2.13. The Morgan fingerprint density at radius 2 is 1.83 bits per heavy atom. The van der Waals surface area contributed by atoms with Crippen LogP contribution in [-0.2, 0) is 16.1 Å². The van der Waals surface area contributed by atoms with Crippen LogP contribution >= 0.6 is 0 Å². The minimum Gasteiger partial charge on any atom is -0.295 e. The van der Waals surface area contributed by atoms with E-state index in [9.17, 15) is 9.59 Å². The quantitative estimate of drug-likeness (QED) is 0.438. The van der Waals surface area contributed by atoms with Gasteiger partial charge in [-0.3, -0.25) is 14.6 Å². The molecule has 0 atom stereocenters. The van der Waals surface area contributed by atoms with Crippen molar-refractivity contribution in [2.45, 2.75) is 26.8 Å². The molecular formula is C14H18N2O2. The Morgan fingerprint density at radius 3 is 2.39 bits per heavy atom. The highest BCUT2D eigenvalue weighted by Crippen LogP contribution is 2.03. The van der Waals surface area contributed by atoms with Crippen LogP contribution in [0.25, 0.3) is 0 Å². The van der Waals surface area contributed by atoms with Gasteiger partial charge in [0.05, 0.1) is 6.54 Å². The second kappa shape index (κ2) is 6.69. The highest BCUT2D eigenvalue weighted by atomic mass is 16.2. The number of hydrogen-bond acceptors (Lipinski definition) is 4. The Labute approximate surface area is 107 Å². The van der Waals surface area contributed by atoms with Crippen molar-refractivity contribution in [1.29, 1.82) is 0 Å². The fourth-order valence-electron chi connectivity index (χ4n) is 1.55. The smallest absolute Gasteiger partial charge is 0.244 e. The van der Waals surface area contributed by atoms with E-state index >= 15 is 0 Å². The molecule has 0 aromatic heterocycles. The molecule has 0 saturated carbocycles. The van der Waals surface area contributed by atoms with Crippen LogP contribution in [0.2, 0.25) is 0 Å². The molecule has 0 saturated heterocycles. The van der Waals surface area contributed by atoms with Crippen molar-refractivity contribution in [3.05, 3.63) is 35.9 Å². The van der Waals surface area contributed by atoms with Gasteiger partial charge in [0.25, 0.3) is 0 Å². The van der Waals surface area contributed by atoms with Gasteiger partial charge in [0.1, 0.15) is 5.71 Å². The molecule has 0 N–H and O–H groups in total. The zero-order valence-electron chi connectivity index (χ0n) is 11.0. The van der Waals surface area contributed by atoms with E-state index in [1.165, 1.54) is 0 Å². The molecule has 0 heterocycles. The molecule has 0 amide bonds. The molecule has 0 unspecified atom stereocenters. The summed E-state index contributed by atoms with van der Waals surface area (Å²) in [6.07, 6.45) is 0.216. The second-order valence-corrected chi connectivity index (χ2v) is 4.09. The number of carbonyl (C=O) groups excluding carboxylic acids is 2. The number of rotatable bonds is 6. The summed E-state index contributed by atoms with van der Waals surface area (Å²) in [6, 6.07) is 9.82. The Bertz CT molecular complexity index is 452. The summed E-state index contributed by atoms with van der Waals surface area (Å²) in [5, 5.41) is 5.78. The van der Waals surface area contributed by atoms with Gasteiger partial charge in [-0.15, -0.1) is 0 Å². The molecule has 0 fully saturated rings. The maximum absolute atomic E-state index is 11.6. The summed E-state index contributed by atoms with van der Waals surface area (Å²) < 4.78 is 0. The fourth-order valence-corrected chi connectivity index (χ4v) is 1.55. The van der Waals surface area contributed by atoms with Gasteiger partial charge in [-0.2, -0.15) is 5.10 Å². The van der Waals surface area contributed by atoms with Crippen LogP contribution in [0.1, 0.15) is 25.8 Å². The van der Waals surface area contributed by atoms with Crippen molar-refractivity contribution < 1.29 is 9.59 Å². The molecular weight excluding hydrogens is 228 g/mol. The summed E-state index contributed by atoms with van der Waals surface area (Å²) in [4.78, 5) is 22.8. The van der Waals surface area contributed by atoms with E-state index in [0.717, 1.165) is 5.56 Å². The molecule has 0 aliphatic rings. The van der Waals surface area contributed by atoms with Crippen molar-refractivity contribution >= 4 is 17.3 Å². The third kappa shape index (κ3) is 4.13. The summed E-state index contributed by atoms with van der Waals surface area (Å²) in [5.74, 6) is -0.901. The lowest BCUT2D eigenvalue weighted by molar-refractivity contribution is -0.132. The summed E-state index contributed by atoms with van der Waals surface area (Å²) in [5.41, 5.74) is 1.34. The summed E-state index contributed by atoms with van der Waals surface area (Å²) >= 11 is 0. The highest BCUT2D eigenvalue weighted by Gasteiger charge is 2.15. The van der Waals surface area contributed by atoms with Crippen LogP contribution in [-0.4, -0.2) is 29.3 Å². The van der Waals surface area contributed by atoms with Crippen LogP contribution in [0.5, 0.6) is 0 Å². The van der Waals surface area contributed by atoms with E-state index in [2.05, 4.69) is 5.10 Å². The largest absolute Gasteiger partial charge is 0.295 e. The number of Topliss-reactive ketones (excluding diaryl/α,β-unsaturated/α-hetero) is 2. The van der Waals surface area contributed by atoms with Crippen LogP contribution < -0.4 is 0 Å².